The molecule has 0 aliphatic heterocycles. The quantitative estimate of drug-likeness (QED) is 0.772. The Kier molecular flexibility index (Phi) is 5.64. The number of hydrogen-bond donors (Lipinski definition) is 2. The normalized spacial score (nSPS) is 11.8. The molecule has 102 valence electrons. The van der Waals surface area contributed by atoms with Gasteiger partial charge in [0.15, 0.2) is 0 Å². The molecule has 1 aromatic carbocycles. The number of likely N-dealkylation sites (N-methyl/N-ethyl adjacent to an activating group) is 1. The summed E-state index contributed by atoms with van der Waals surface area (Å²) in [4.78, 5) is -0.583. The van der Waals surface area contributed by atoms with E-state index in [1.165, 1.54) is 0 Å². The number of benzene rings is 1. The van der Waals surface area contributed by atoms with Crippen LogP contribution in [0.2, 0.25) is 0 Å². The van der Waals surface area contributed by atoms with E-state index in [-0.39, 0.29) is 11.0 Å². The van der Waals surface area contributed by atoms with Gasteiger partial charge in [0.05, 0.1) is 0 Å². The van der Waals surface area contributed by atoms with Crippen LogP contribution < -0.4 is 10.0 Å². The number of rotatable bonds is 6. The SMILES string of the molecule is CCNCCNS(=O)(=O)c1c(F)cc(F)cc1Br. The first-order chi connectivity index (χ1) is 8.38. The van der Waals surface area contributed by atoms with Crippen LogP contribution in [-0.2, 0) is 10.0 Å². The fourth-order valence-electron chi connectivity index (χ4n) is 1.31. The summed E-state index contributed by atoms with van der Waals surface area (Å²) in [5.74, 6) is -1.97. The third-order valence-corrected chi connectivity index (χ3v) is 4.50. The fourth-order valence-corrected chi connectivity index (χ4v) is 3.50. The third-order valence-electron chi connectivity index (χ3n) is 2.08. The largest absolute Gasteiger partial charge is 0.316 e. The van der Waals surface area contributed by atoms with Gasteiger partial charge < -0.3 is 5.32 Å². The van der Waals surface area contributed by atoms with Gasteiger partial charge in [-0.1, -0.05) is 6.92 Å². The first-order valence-corrected chi connectivity index (χ1v) is 7.51. The highest BCUT2D eigenvalue weighted by Crippen LogP contribution is 2.25. The molecule has 0 heterocycles. The van der Waals surface area contributed by atoms with Crippen LogP contribution in [0.5, 0.6) is 0 Å². The van der Waals surface area contributed by atoms with E-state index in [0.29, 0.717) is 19.2 Å². The first kappa shape index (κ1) is 15.5. The van der Waals surface area contributed by atoms with Crippen molar-refractivity contribution in [2.45, 2.75) is 11.8 Å². The van der Waals surface area contributed by atoms with Crippen LogP contribution in [0.25, 0.3) is 0 Å². The molecule has 8 heteroatoms. The minimum absolute atomic E-state index is 0.124. The standard InChI is InChI=1S/C10H13BrF2N2O2S/c1-2-14-3-4-15-18(16,17)10-8(11)5-7(12)6-9(10)13/h5-6,14-15H,2-4H2,1H3. The number of hydrogen-bond acceptors (Lipinski definition) is 3. The van der Waals surface area contributed by atoms with E-state index in [4.69, 9.17) is 0 Å². The van der Waals surface area contributed by atoms with Gasteiger partial charge in [-0.25, -0.2) is 21.9 Å². The number of nitrogens with one attached hydrogen (secondary N) is 2. The van der Waals surface area contributed by atoms with Gasteiger partial charge in [0.2, 0.25) is 10.0 Å². The smallest absolute Gasteiger partial charge is 0.244 e. The van der Waals surface area contributed by atoms with Crippen molar-refractivity contribution in [1.29, 1.82) is 0 Å². The Morgan fingerprint density at radius 2 is 1.94 bits per heavy atom. The van der Waals surface area contributed by atoms with E-state index in [1.807, 2.05) is 6.92 Å². The van der Waals surface area contributed by atoms with Crippen molar-refractivity contribution in [1.82, 2.24) is 10.0 Å². The highest BCUT2D eigenvalue weighted by Gasteiger charge is 2.23. The second kappa shape index (κ2) is 6.55. The zero-order valence-corrected chi connectivity index (χ0v) is 12.0. The molecule has 0 aliphatic carbocycles. The molecule has 2 N–H and O–H groups in total. The summed E-state index contributed by atoms with van der Waals surface area (Å²) in [7, 11) is -4.00. The van der Waals surface area contributed by atoms with Crippen LogP contribution in [0, 0.1) is 11.6 Å². The zero-order chi connectivity index (χ0) is 13.8. The van der Waals surface area contributed by atoms with Crippen molar-refractivity contribution in [3.63, 3.8) is 0 Å². The van der Waals surface area contributed by atoms with Crippen LogP contribution >= 0.6 is 15.9 Å². The van der Waals surface area contributed by atoms with E-state index < -0.39 is 26.6 Å². The Hall–Kier alpha value is -0.570. The lowest BCUT2D eigenvalue weighted by molar-refractivity contribution is 0.539. The maximum absolute atomic E-state index is 13.5. The molecule has 0 aromatic heterocycles. The fraction of sp³-hybridized carbons (Fsp3) is 0.400. The summed E-state index contributed by atoms with van der Waals surface area (Å²) in [6.45, 7) is 3.14. The van der Waals surface area contributed by atoms with Crippen LogP contribution in [0.1, 0.15) is 6.92 Å². The van der Waals surface area contributed by atoms with Crippen LogP contribution in [0.4, 0.5) is 8.78 Å². The maximum Gasteiger partial charge on any atom is 0.244 e. The summed E-state index contributed by atoms with van der Waals surface area (Å²) >= 11 is 2.84. The van der Waals surface area contributed by atoms with Gasteiger partial charge in [-0.3, -0.25) is 0 Å². The van der Waals surface area contributed by atoms with Crippen molar-refractivity contribution in [2.75, 3.05) is 19.6 Å². The third kappa shape index (κ3) is 3.98. The maximum atomic E-state index is 13.5. The topological polar surface area (TPSA) is 58.2 Å². The highest BCUT2D eigenvalue weighted by molar-refractivity contribution is 9.10. The molecule has 0 amide bonds. The second-order valence-corrected chi connectivity index (χ2v) is 6.01. The Morgan fingerprint density at radius 1 is 1.28 bits per heavy atom. The molecule has 0 atom stereocenters. The molecule has 1 rings (SSSR count). The molecule has 0 unspecified atom stereocenters. The van der Waals surface area contributed by atoms with Crippen molar-refractivity contribution >= 4 is 26.0 Å². The van der Waals surface area contributed by atoms with Crippen LogP contribution in [0.3, 0.4) is 0 Å². The lowest BCUT2D eigenvalue weighted by Gasteiger charge is -2.09. The van der Waals surface area contributed by atoms with Crippen LogP contribution in [0.15, 0.2) is 21.5 Å². The van der Waals surface area contributed by atoms with E-state index in [9.17, 15) is 17.2 Å². The minimum atomic E-state index is -4.00. The van der Waals surface area contributed by atoms with E-state index in [0.717, 1.165) is 6.07 Å². The van der Waals surface area contributed by atoms with E-state index in [1.54, 1.807) is 0 Å². The van der Waals surface area contributed by atoms with Gasteiger partial charge in [-0.2, -0.15) is 0 Å². The second-order valence-electron chi connectivity index (χ2n) is 3.45. The predicted octanol–water partition coefficient (Wildman–Crippen LogP) is 1.62. The minimum Gasteiger partial charge on any atom is -0.316 e. The zero-order valence-electron chi connectivity index (χ0n) is 9.63. The van der Waals surface area contributed by atoms with Gasteiger partial charge in [-0.05, 0) is 28.5 Å². The van der Waals surface area contributed by atoms with Gasteiger partial charge in [0.25, 0.3) is 0 Å². The van der Waals surface area contributed by atoms with Gasteiger partial charge >= 0.3 is 0 Å². The first-order valence-electron chi connectivity index (χ1n) is 5.23. The van der Waals surface area contributed by atoms with Crippen molar-refractivity contribution in [3.05, 3.63) is 28.2 Å². The summed E-state index contributed by atoms with van der Waals surface area (Å²) in [5, 5.41) is 2.92. The Labute approximate surface area is 113 Å². The summed E-state index contributed by atoms with van der Waals surface area (Å²) in [6.07, 6.45) is 0. The van der Waals surface area contributed by atoms with Crippen molar-refractivity contribution in [2.24, 2.45) is 0 Å². The van der Waals surface area contributed by atoms with Crippen LogP contribution in [-0.4, -0.2) is 28.1 Å². The van der Waals surface area contributed by atoms with Crippen molar-refractivity contribution < 1.29 is 17.2 Å². The lowest BCUT2D eigenvalue weighted by Crippen LogP contribution is -2.32. The Morgan fingerprint density at radius 3 is 2.50 bits per heavy atom. The Balaban J connectivity index is 2.92. The molecule has 0 radical (unpaired) electrons. The molecule has 1 aromatic rings. The number of sulfonamides is 1. The molecule has 0 saturated carbocycles. The molecule has 0 aliphatic rings. The van der Waals surface area contributed by atoms with Gasteiger partial charge in [-0.15, -0.1) is 0 Å². The molecule has 0 spiro atoms. The molecular weight excluding hydrogens is 330 g/mol. The summed E-state index contributed by atoms with van der Waals surface area (Å²) in [5.41, 5.74) is 0. The predicted molar refractivity (Wildman–Crippen MR) is 67.8 cm³/mol. The number of halogens is 3. The molecule has 0 saturated heterocycles. The van der Waals surface area contributed by atoms with E-state index >= 15 is 0 Å². The highest BCUT2D eigenvalue weighted by atomic mass is 79.9. The van der Waals surface area contributed by atoms with Gasteiger partial charge in [0.1, 0.15) is 16.5 Å². The monoisotopic (exact) mass is 342 g/mol. The van der Waals surface area contributed by atoms with Gasteiger partial charge in [0, 0.05) is 23.6 Å². The molecule has 0 fully saturated rings. The Bertz CT molecular complexity index is 500. The van der Waals surface area contributed by atoms with E-state index in [2.05, 4.69) is 26.0 Å². The average molecular weight is 343 g/mol. The summed E-state index contributed by atoms with van der Waals surface area (Å²) in [6, 6.07) is 1.44. The average Bonchev–Trinajstić information content (AvgIpc) is 2.22. The molecule has 4 nitrogen and oxygen atoms in total. The summed E-state index contributed by atoms with van der Waals surface area (Å²) < 4.78 is 52.1. The molecule has 0 bridgehead atoms. The molecule has 18 heavy (non-hydrogen) atoms. The molecular formula is C10H13BrF2N2O2S. The van der Waals surface area contributed by atoms with Crippen molar-refractivity contribution in [3.8, 4) is 0 Å². The lowest BCUT2D eigenvalue weighted by atomic mass is 10.3.